The van der Waals surface area contributed by atoms with Crippen LogP contribution in [0.25, 0.3) is 0 Å². The highest BCUT2D eigenvalue weighted by molar-refractivity contribution is 5.97. The molecule has 27 heavy (non-hydrogen) atoms. The minimum absolute atomic E-state index is 0.00755. The number of carbonyl (C=O) groups excluding carboxylic acids is 1. The maximum Gasteiger partial charge on any atom is 0.163 e. The van der Waals surface area contributed by atoms with Crippen molar-refractivity contribution in [3.05, 3.63) is 23.3 Å². The third-order valence-corrected chi connectivity index (χ3v) is 3.71. The standard InChI is InChI=1S/C20H29NO6/c1-3-5-18-19(7-6-17(16(2)22)20(18)23)27-15-14-26-13-12-25-11-10-24-9-4-8-21/h6-7,23H,3-5,9-15H2,1-2H3. The zero-order valence-electron chi connectivity index (χ0n) is 16.2. The van der Waals surface area contributed by atoms with Gasteiger partial charge in [0.2, 0.25) is 0 Å². The van der Waals surface area contributed by atoms with Gasteiger partial charge in [-0.15, -0.1) is 0 Å². The summed E-state index contributed by atoms with van der Waals surface area (Å²) in [6, 6.07) is 5.31. The second kappa shape index (κ2) is 14.0. The number of ketones is 1. The normalized spacial score (nSPS) is 10.6. The minimum atomic E-state index is -0.171. The number of nitrogens with zero attached hydrogens (tertiary/aromatic N) is 1. The molecule has 0 atom stereocenters. The number of hydrogen-bond acceptors (Lipinski definition) is 7. The molecule has 0 radical (unpaired) electrons. The van der Waals surface area contributed by atoms with Gasteiger partial charge in [-0.2, -0.15) is 5.26 Å². The summed E-state index contributed by atoms with van der Waals surface area (Å²) in [7, 11) is 0. The van der Waals surface area contributed by atoms with Crippen molar-refractivity contribution < 1.29 is 28.8 Å². The quantitative estimate of drug-likeness (QED) is 0.369. The number of benzene rings is 1. The van der Waals surface area contributed by atoms with Crippen molar-refractivity contribution in [2.75, 3.05) is 46.2 Å². The Labute approximate surface area is 160 Å². The molecule has 0 aliphatic heterocycles. The summed E-state index contributed by atoms with van der Waals surface area (Å²) in [5, 5.41) is 18.6. The van der Waals surface area contributed by atoms with Gasteiger partial charge < -0.3 is 24.1 Å². The predicted octanol–water partition coefficient (Wildman–Crippen LogP) is 2.89. The summed E-state index contributed by atoms with van der Waals surface area (Å²) in [6.45, 7) is 6.42. The number of ether oxygens (including phenoxy) is 4. The Hall–Kier alpha value is -2.14. The highest BCUT2D eigenvalue weighted by Crippen LogP contribution is 2.32. The number of nitriles is 1. The molecule has 7 heteroatoms. The van der Waals surface area contributed by atoms with Crippen molar-refractivity contribution in [2.45, 2.75) is 33.1 Å². The number of phenols is 1. The maximum atomic E-state index is 11.6. The number of Topliss-reactive ketones (excluding diaryl/α,β-unsaturated/α-hetero) is 1. The topological polar surface area (TPSA) is 98.0 Å². The Balaban J connectivity index is 2.24. The van der Waals surface area contributed by atoms with Crippen LogP contribution in [0.15, 0.2) is 12.1 Å². The Morgan fingerprint density at radius 3 is 2.19 bits per heavy atom. The van der Waals surface area contributed by atoms with Gasteiger partial charge in [0.25, 0.3) is 0 Å². The average Bonchev–Trinajstić information content (AvgIpc) is 2.65. The minimum Gasteiger partial charge on any atom is -0.507 e. The lowest BCUT2D eigenvalue weighted by atomic mass is 10.0. The second-order valence-corrected chi connectivity index (χ2v) is 5.84. The third-order valence-electron chi connectivity index (χ3n) is 3.71. The van der Waals surface area contributed by atoms with Crippen LogP contribution in [-0.4, -0.2) is 57.1 Å². The van der Waals surface area contributed by atoms with E-state index in [1.165, 1.54) is 6.92 Å². The van der Waals surface area contributed by atoms with E-state index in [1.54, 1.807) is 12.1 Å². The van der Waals surface area contributed by atoms with Crippen LogP contribution in [0.2, 0.25) is 0 Å². The van der Waals surface area contributed by atoms with E-state index >= 15 is 0 Å². The molecule has 1 aromatic carbocycles. The zero-order valence-corrected chi connectivity index (χ0v) is 16.2. The smallest absolute Gasteiger partial charge is 0.163 e. The van der Waals surface area contributed by atoms with Crippen LogP contribution in [0, 0.1) is 11.3 Å². The maximum absolute atomic E-state index is 11.6. The van der Waals surface area contributed by atoms with Crippen LogP contribution in [-0.2, 0) is 20.6 Å². The highest BCUT2D eigenvalue weighted by atomic mass is 16.6. The molecule has 150 valence electrons. The van der Waals surface area contributed by atoms with E-state index in [2.05, 4.69) is 0 Å². The van der Waals surface area contributed by atoms with E-state index in [0.717, 1.165) is 6.42 Å². The molecule has 0 unspecified atom stereocenters. The molecule has 0 saturated carbocycles. The van der Waals surface area contributed by atoms with Gasteiger partial charge in [-0.1, -0.05) is 13.3 Å². The fraction of sp³-hybridized carbons (Fsp3) is 0.600. The van der Waals surface area contributed by atoms with Crippen LogP contribution in [0.1, 0.15) is 42.6 Å². The Morgan fingerprint density at radius 1 is 1.04 bits per heavy atom. The molecule has 0 aromatic heterocycles. The highest BCUT2D eigenvalue weighted by Gasteiger charge is 2.15. The van der Waals surface area contributed by atoms with Crippen molar-refractivity contribution >= 4 is 5.78 Å². The lowest BCUT2D eigenvalue weighted by Gasteiger charge is -2.14. The summed E-state index contributed by atoms with van der Waals surface area (Å²) in [5.74, 6) is 0.414. The molecule has 0 heterocycles. The Kier molecular flexibility index (Phi) is 11.9. The molecule has 1 N–H and O–H groups in total. The van der Waals surface area contributed by atoms with Crippen molar-refractivity contribution in [1.82, 2.24) is 0 Å². The second-order valence-electron chi connectivity index (χ2n) is 5.84. The number of aromatic hydroxyl groups is 1. The number of carbonyl (C=O) groups is 1. The molecule has 7 nitrogen and oxygen atoms in total. The molecule has 0 aliphatic carbocycles. The predicted molar refractivity (Wildman–Crippen MR) is 100 cm³/mol. The largest absolute Gasteiger partial charge is 0.507 e. The van der Waals surface area contributed by atoms with Crippen LogP contribution in [0.3, 0.4) is 0 Å². The molecule has 0 aliphatic rings. The summed E-state index contributed by atoms with van der Waals surface area (Å²) in [5.41, 5.74) is 0.973. The molecule has 0 spiro atoms. The van der Waals surface area contributed by atoms with Crippen LogP contribution in [0.5, 0.6) is 11.5 Å². The Morgan fingerprint density at radius 2 is 1.63 bits per heavy atom. The molecule has 0 bridgehead atoms. The van der Waals surface area contributed by atoms with E-state index < -0.39 is 0 Å². The monoisotopic (exact) mass is 379 g/mol. The van der Waals surface area contributed by atoms with Gasteiger partial charge in [0.05, 0.1) is 57.7 Å². The van der Waals surface area contributed by atoms with Crippen molar-refractivity contribution in [3.8, 4) is 17.6 Å². The van der Waals surface area contributed by atoms with Crippen molar-refractivity contribution in [1.29, 1.82) is 5.26 Å². The first-order valence-corrected chi connectivity index (χ1v) is 9.20. The SMILES string of the molecule is CCCc1c(OCCOCCOCCOCCC#N)ccc(C(C)=O)c1O. The van der Waals surface area contributed by atoms with E-state index in [0.29, 0.717) is 76.0 Å². The fourth-order valence-corrected chi connectivity index (χ4v) is 2.40. The lowest BCUT2D eigenvalue weighted by molar-refractivity contribution is 0.0101. The van der Waals surface area contributed by atoms with Gasteiger partial charge in [0.1, 0.15) is 18.1 Å². The lowest BCUT2D eigenvalue weighted by Crippen LogP contribution is -2.13. The summed E-state index contributed by atoms with van der Waals surface area (Å²) < 4.78 is 21.7. The summed E-state index contributed by atoms with van der Waals surface area (Å²) in [4.78, 5) is 11.6. The van der Waals surface area contributed by atoms with Crippen LogP contribution >= 0.6 is 0 Å². The Bertz CT molecular complexity index is 611. The summed E-state index contributed by atoms with van der Waals surface area (Å²) in [6.07, 6.45) is 1.85. The van der Waals surface area contributed by atoms with Gasteiger partial charge >= 0.3 is 0 Å². The van der Waals surface area contributed by atoms with E-state index in [9.17, 15) is 9.90 Å². The molecule has 0 amide bonds. The zero-order chi connectivity index (χ0) is 19.9. The molecular weight excluding hydrogens is 350 g/mol. The molecule has 1 rings (SSSR count). The van der Waals surface area contributed by atoms with Gasteiger partial charge in [-0.05, 0) is 25.5 Å². The first kappa shape index (κ1) is 22.9. The van der Waals surface area contributed by atoms with Crippen LogP contribution < -0.4 is 4.74 Å². The first-order chi connectivity index (χ1) is 13.1. The molecule has 1 aromatic rings. The van der Waals surface area contributed by atoms with Crippen molar-refractivity contribution in [2.24, 2.45) is 0 Å². The van der Waals surface area contributed by atoms with Gasteiger partial charge in [-0.25, -0.2) is 0 Å². The average molecular weight is 379 g/mol. The molecule has 0 fully saturated rings. The summed E-state index contributed by atoms with van der Waals surface area (Å²) >= 11 is 0. The third kappa shape index (κ3) is 8.87. The van der Waals surface area contributed by atoms with Gasteiger partial charge in [-0.3, -0.25) is 4.79 Å². The first-order valence-electron chi connectivity index (χ1n) is 9.20. The number of phenolic OH excluding ortho intramolecular Hbond substituents is 1. The molecule has 0 saturated heterocycles. The number of hydrogen-bond donors (Lipinski definition) is 1. The number of rotatable bonds is 15. The molecular formula is C20H29NO6. The van der Waals surface area contributed by atoms with E-state index in [1.807, 2.05) is 13.0 Å². The van der Waals surface area contributed by atoms with Gasteiger partial charge in [0, 0.05) is 5.56 Å². The van der Waals surface area contributed by atoms with Crippen LogP contribution in [0.4, 0.5) is 0 Å². The van der Waals surface area contributed by atoms with E-state index in [4.69, 9.17) is 24.2 Å². The fourth-order valence-electron chi connectivity index (χ4n) is 2.40. The van der Waals surface area contributed by atoms with Gasteiger partial charge in [0.15, 0.2) is 5.78 Å². The van der Waals surface area contributed by atoms with E-state index in [-0.39, 0.29) is 11.5 Å². The van der Waals surface area contributed by atoms with Crippen molar-refractivity contribution in [3.63, 3.8) is 0 Å².